The summed E-state index contributed by atoms with van der Waals surface area (Å²) in [5.41, 5.74) is -4.79. The van der Waals surface area contributed by atoms with Crippen LogP contribution >= 0.6 is 0 Å². The Hall–Kier alpha value is -2.39. The minimum atomic E-state index is -4.92. The molecule has 21 heavy (non-hydrogen) atoms. The first-order chi connectivity index (χ1) is 9.33. The predicted molar refractivity (Wildman–Crippen MR) is 68.1 cm³/mol. The van der Waals surface area contributed by atoms with Crippen molar-refractivity contribution in [1.29, 1.82) is 0 Å². The van der Waals surface area contributed by atoms with Gasteiger partial charge < -0.3 is 5.32 Å². The molecule has 0 amide bonds. The standard InChI is InChI=1S/C11H12F3N3O4/c1-10(2,3)15-9-7(16(18)19)4-6(11(12,13)14)5-8(9)17(20)21/h4-5,15H,1-3H3. The molecule has 10 heteroatoms. The summed E-state index contributed by atoms with van der Waals surface area (Å²) in [5, 5.41) is 24.4. The molecule has 1 N–H and O–H groups in total. The van der Waals surface area contributed by atoms with Crippen molar-refractivity contribution >= 4 is 17.1 Å². The van der Waals surface area contributed by atoms with Gasteiger partial charge in [0, 0.05) is 17.7 Å². The number of alkyl halides is 3. The second kappa shape index (κ2) is 5.19. The van der Waals surface area contributed by atoms with Crippen molar-refractivity contribution in [2.45, 2.75) is 32.5 Å². The molecule has 0 radical (unpaired) electrons. The van der Waals surface area contributed by atoms with Crippen LogP contribution in [0.15, 0.2) is 12.1 Å². The minimum absolute atomic E-state index is 0.279. The molecule has 0 fully saturated rings. The van der Waals surface area contributed by atoms with Crippen LogP contribution in [0.5, 0.6) is 0 Å². The molecule has 0 aliphatic rings. The number of nitrogens with zero attached hydrogens (tertiary/aromatic N) is 2. The first-order valence-electron chi connectivity index (χ1n) is 5.65. The zero-order valence-corrected chi connectivity index (χ0v) is 11.3. The molecule has 0 spiro atoms. The van der Waals surface area contributed by atoms with E-state index in [0.717, 1.165) is 0 Å². The first kappa shape index (κ1) is 16.7. The average molecular weight is 307 g/mol. The highest BCUT2D eigenvalue weighted by atomic mass is 19.4. The second-order valence-electron chi connectivity index (χ2n) is 5.28. The van der Waals surface area contributed by atoms with Crippen LogP contribution in [0.3, 0.4) is 0 Å². The largest absolute Gasteiger partial charge is 0.416 e. The summed E-state index contributed by atoms with van der Waals surface area (Å²) in [5.74, 6) is 0. The molecule has 1 rings (SSSR count). The molecule has 0 unspecified atom stereocenters. The fraction of sp³-hybridized carbons (Fsp3) is 0.455. The number of benzene rings is 1. The minimum Gasteiger partial charge on any atom is -0.369 e. The van der Waals surface area contributed by atoms with Gasteiger partial charge in [-0.25, -0.2) is 0 Å². The van der Waals surface area contributed by atoms with E-state index < -0.39 is 44.2 Å². The van der Waals surface area contributed by atoms with Gasteiger partial charge in [0.1, 0.15) is 0 Å². The topological polar surface area (TPSA) is 98.3 Å². The zero-order chi connectivity index (χ0) is 16.6. The second-order valence-corrected chi connectivity index (χ2v) is 5.28. The van der Waals surface area contributed by atoms with Crippen LogP contribution in [0.2, 0.25) is 0 Å². The van der Waals surface area contributed by atoms with Gasteiger partial charge in [-0.05, 0) is 20.8 Å². The molecule has 7 nitrogen and oxygen atoms in total. The van der Waals surface area contributed by atoms with E-state index in [0.29, 0.717) is 0 Å². The lowest BCUT2D eigenvalue weighted by atomic mass is 10.1. The van der Waals surface area contributed by atoms with Crippen molar-refractivity contribution in [3.8, 4) is 0 Å². The van der Waals surface area contributed by atoms with Gasteiger partial charge in [0.2, 0.25) is 0 Å². The summed E-state index contributed by atoms with van der Waals surface area (Å²) in [6, 6.07) is 0.558. The lowest BCUT2D eigenvalue weighted by Gasteiger charge is -2.22. The molecule has 0 atom stereocenters. The maximum Gasteiger partial charge on any atom is 0.416 e. The lowest BCUT2D eigenvalue weighted by molar-refractivity contribution is -0.392. The van der Waals surface area contributed by atoms with E-state index >= 15 is 0 Å². The Balaban J connectivity index is 3.67. The Morgan fingerprint density at radius 1 is 1.00 bits per heavy atom. The molecule has 0 bridgehead atoms. The molecule has 0 aromatic heterocycles. The number of nitro benzene ring substituents is 2. The number of anilines is 1. The summed E-state index contributed by atoms with van der Waals surface area (Å²) in [7, 11) is 0. The molecule has 0 saturated carbocycles. The van der Waals surface area contributed by atoms with Crippen molar-refractivity contribution in [3.63, 3.8) is 0 Å². The van der Waals surface area contributed by atoms with Crippen molar-refractivity contribution in [3.05, 3.63) is 37.9 Å². The Bertz CT molecular complexity index is 558. The molecule has 0 aliphatic carbocycles. The van der Waals surface area contributed by atoms with Gasteiger partial charge in [-0.2, -0.15) is 13.2 Å². The van der Waals surface area contributed by atoms with E-state index in [2.05, 4.69) is 5.32 Å². The number of nitro groups is 2. The maximum atomic E-state index is 12.7. The van der Waals surface area contributed by atoms with Gasteiger partial charge in [0.25, 0.3) is 11.4 Å². The number of rotatable bonds is 3. The highest BCUT2D eigenvalue weighted by Crippen LogP contribution is 2.42. The van der Waals surface area contributed by atoms with Crippen LogP contribution in [0.25, 0.3) is 0 Å². The van der Waals surface area contributed by atoms with Crippen molar-refractivity contribution in [2.24, 2.45) is 0 Å². The number of hydrogen-bond acceptors (Lipinski definition) is 5. The third-order valence-corrected chi connectivity index (χ3v) is 2.32. The van der Waals surface area contributed by atoms with Crippen LogP contribution in [0.1, 0.15) is 26.3 Å². The van der Waals surface area contributed by atoms with E-state index in [-0.39, 0.29) is 12.1 Å². The molecule has 0 heterocycles. The van der Waals surface area contributed by atoms with Crippen LogP contribution in [-0.2, 0) is 6.18 Å². The van der Waals surface area contributed by atoms with Crippen LogP contribution in [-0.4, -0.2) is 15.4 Å². The van der Waals surface area contributed by atoms with E-state index in [1.165, 1.54) is 0 Å². The zero-order valence-electron chi connectivity index (χ0n) is 11.3. The van der Waals surface area contributed by atoms with Crippen LogP contribution in [0.4, 0.5) is 30.2 Å². The van der Waals surface area contributed by atoms with Crippen molar-refractivity contribution in [2.75, 3.05) is 5.32 Å². The Kier molecular flexibility index (Phi) is 4.11. The average Bonchev–Trinajstić information content (AvgIpc) is 2.24. The van der Waals surface area contributed by atoms with Crippen molar-refractivity contribution in [1.82, 2.24) is 0 Å². The number of halogens is 3. The van der Waals surface area contributed by atoms with Gasteiger partial charge in [0.15, 0.2) is 5.69 Å². The molecule has 1 aromatic carbocycles. The quantitative estimate of drug-likeness (QED) is 0.677. The molecule has 1 aromatic rings. The summed E-state index contributed by atoms with van der Waals surface area (Å²) in [4.78, 5) is 19.7. The van der Waals surface area contributed by atoms with Gasteiger partial charge in [-0.15, -0.1) is 0 Å². The molecule has 0 saturated heterocycles. The smallest absolute Gasteiger partial charge is 0.369 e. The highest BCUT2D eigenvalue weighted by Gasteiger charge is 2.38. The summed E-state index contributed by atoms with van der Waals surface area (Å²) >= 11 is 0. The molecular formula is C11H12F3N3O4. The lowest BCUT2D eigenvalue weighted by Crippen LogP contribution is -2.27. The van der Waals surface area contributed by atoms with E-state index in [4.69, 9.17) is 0 Å². The van der Waals surface area contributed by atoms with Gasteiger partial charge in [-0.3, -0.25) is 20.2 Å². The maximum absolute atomic E-state index is 12.7. The van der Waals surface area contributed by atoms with Crippen LogP contribution in [0, 0.1) is 20.2 Å². The Morgan fingerprint density at radius 2 is 1.38 bits per heavy atom. The normalized spacial score (nSPS) is 12.1. The van der Waals surface area contributed by atoms with Crippen molar-refractivity contribution < 1.29 is 23.0 Å². The third-order valence-electron chi connectivity index (χ3n) is 2.32. The fourth-order valence-corrected chi connectivity index (χ4v) is 1.57. The van der Waals surface area contributed by atoms with Crippen LogP contribution < -0.4 is 5.32 Å². The SMILES string of the molecule is CC(C)(C)Nc1c([N+](=O)[O-])cc(C(F)(F)F)cc1[N+](=O)[O-]. The number of hydrogen-bond donors (Lipinski definition) is 1. The summed E-state index contributed by atoms with van der Waals surface area (Å²) < 4.78 is 38.0. The Labute approximate surface area is 117 Å². The molecule has 0 aliphatic heterocycles. The fourth-order valence-electron chi connectivity index (χ4n) is 1.57. The van der Waals surface area contributed by atoms with E-state index in [1.54, 1.807) is 20.8 Å². The van der Waals surface area contributed by atoms with Gasteiger partial charge in [0.05, 0.1) is 15.4 Å². The third kappa shape index (κ3) is 4.04. The molecular weight excluding hydrogens is 295 g/mol. The summed E-state index contributed by atoms with van der Waals surface area (Å²) in [6.45, 7) is 4.70. The Morgan fingerprint density at radius 3 is 1.62 bits per heavy atom. The predicted octanol–water partition coefficient (Wildman–Crippen LogP) is 3.73. The summed E-state index contributed by atoms with van der Waals surface area (Å²) in [6.07, 6.45) is -4.92. The monoisotopic (exact) mass is 307 g/mol. The highest BCUT2D eigenvalue weighted by molar-refractivity contribution is 5.75. The molecule has 116 valence electrons. The van der Waals surface area contributed by atoms with Gasteiger partial charge in [-0.1, -0.05) is 0 Å². The van der Waals surface area contributed by atoms with E-state index in [9.17, 15) is 33.4 Å². The first-order valence-corrected chi connectivity index (χ1v) is 5.65. The number of nitrogens with one attached hydrogen (secondary N) is 1. The van der Waals surface area contributed by atoms with Gasteiger partial charge >= 0.3 is 6.18 Å². The van der Waals surface area contributed by atoms with E-state index in [1.807, 2.05) is 0 Å².